The summed E-state index contributed by atoms with van der Waals surface area (Å²) >= 11 is 1.14. The van der Waals surface area contributed by atoms with Gasteiger partial charge in [-0.2, -0.15) is 0 Å². The summed E-state index contributed by atoms with van der Waals surface area (Å²) in [5.41, 5.74) is 0.430. The van der Waals surface area contributed by atoms with Gasteiger partial charge in [0.2, 0.25) is 0 Å². The maximum atomic E-state index is 11.6. The number of alkyl carbamates (subject to hydrolysis) is 1. The van der Waals surface area contributed by atoms with Gasteiger partial charge in [-0.1, -0.05) is 11.3 Å². The summed E-state index contributed by atoms with van der Waals surface area (Å²) in [6.07, 6.45) is 1.29. The van der Waals surface area contributed by atoms with Gasteiger partial charge in [0.1, 0.15) is 5.60 Å². The number of carbonyl (C=O) groups is 1. The van der Waals surface area contributed by atoms with Crippen molar-refractivity contribution < 1.29 is 14.5 Å². The van der Waals surface area contributed by atoms with Gasteiger partial charge < -0.3 is 15.4 Å². The van der Waals surface area contributed by atoms with Crippen LogP contribution in [0.25, 0.3) is 0 Å². The number of hydrogen-bond acceptors (Lipinski definition) is 6. The van der Waals surface area contributed by atoms with E-state index in [0.29, 0.717) is 12.6 Å². The minimum atomic E-state index is -0.487. The molecule has 0 unspecified atom stereocenters. The van der Waals surface area contributed by atoms with Crippen molar-refractivity contribution in [3.05, 3.63) is 27.1 Å². The molecule has 22 heavy (non-hydrogen) atoms. The highest BCUT2D eigenvalue weighted by Gasteiger charge is 2.31. The Morgan fingerprint density at radius 3 is 2.68 bits per heavy atom. The highest BCUT2D eigenvalue weighted by Crippen LogP contribution is 2.24. The number of rotatable bonds is 5. The van der Waals surface area contributed by atoms with Gasteiger partial charge in [-0.05, 0) is 39.2 Å². The van der Waals surface area contributed by atoms with Gasteiger partial charge in [0.15, 0.2) is 0 Å². The molecule has 1 aliphatic rings. The number of amides is 1. The zero-order chi connectivity index (χ0) is 16.3. The number of ether oxygens (including phenoxy) is 1. The molecule has 0 bridgehead atoms. The minimum absolute atomic E-state index is 0.129. The van der Waals surface area contributed by atoms with Crippen molar-refractivity contribution in [3.63, 3.8) is 0 Å². The summed E-state index contributed by atoms with van der Waals surface area (Å²) in [4.78, 5) is 21.8. The Balaban J connectivity index is 1.65. The maximum Gasteiger partial charge on any atom is 0.407 e. The lowest BCUT2D eigenvalue weighted by molar-refractivity contribution is -0.380. The molecule has 2 N–H and O–H groups in total. The smallest absolute Gasteiger partial charge is 0.407 e. The summed E-state index contributed by atoms with van der Waals surface area (Å²) < 4.78 is 5.20. The van der Waals surface area contributed by atoms with E-state index >= 15 is 0 Å². The molecule has 0 aromatic carbocycles. The number of nitrogens with one attached hydrogen (secondary N) is 2. The predicted molar refractivity (Wildman–Crippen MR) is 84.0 cm³/mol. The molecule has 1 heterocycles. The average Bonchev–Trinajstić information content (AvgIpc) is 2.78. The van der Waals surface area contributed by atoms with Gasteiger partial charge in [0, 0.05) is 30.1 Å². The summed E-state index contributed by atoms with van der Waals surface area (Å²) in [5.74, 6) is 0. The van der Waals surface area contributed by atoms with E-state index in [0.717, 1.165) is 29.7 Å². The fourth-order valence-electron chi connectivity index (χ4n) is 2.19. The van der Waals surface area contributed by atoms with Gasteiger partial charge in [-0.25, -0.2) is 4.79 Å². The van der Waals surface area contributed by atoms with Crippen LogP contribution in [0.1, 0.15) is 39.2 Å². The molecule has 122 valence electrons. The molecule has 8 heteroatoms. The van der Waals surface area contributed by atoms with Crippen LogP contribution in [0, 0.1) is 10.1 Å². The quantitative estimate of drug-likeness (QED) is 0.640. The Bertz CT molecular complexity index is 547. The molecule has 7 nitrogen and oxygen atoms in total. The van der Waals surface area contributed by atoms with Crippen LogP contribution in [0.2, 0.25) is 0 Å². The zero-order valence-corrected chi connectivity index (χ0v) is 13.7. The van der Waals surface area contributed by atoms with E-state index in [9.17, 15) is 14.9 Å². The highest BCUT2D eigenvalue weighted by molar-refractivity contribution is 7.13. The van der Waals surface area contributed by atoms with E-state index in [1.165, 1.54) is 0 Å². The lowest BCUT2D eigenvalue weighted by Gasteiger charge is -2.36. The van der Waals surface area contributed by atoms with Crippen molar-refractivity contribution >= 4 is 22.4 Å². The standard InChI is InChI=1S/C14H21N3O4S/c1-14(2,3)21-13(18)16-11-5-10(6-11)15-7-9-4-12(17(19)20)22-8-9/h4,8,10-11,15H,5-7H2,1-3H3,(H,16,18). The molecule has 0 saturated heterocycles. The monoisotopic (exact) mass is 327 g/mol. The topological polar surface area (TPSA) is 93.5 Å². The molecule has 1 aromatic rings. The minimum Gasteiger partial charge on any atom is -0.444 e. The van der Waals surface area contributed by atoms with Gasteiger partial charge in [-0.3, -0.25) is 10.1 Å². The summed E-state index contributed by atoms with van der Waals surface area (Å²) in [6, 6.07) is 2.04. The zero-order valence-electron chi connectivity index (χ0n) is 12.9. The third-order valence-electron chi connectivity index (χ3n) is 3.27. The molecule has 0 aliphatic heterocycles. The van der Waals surface area contributed by atoms with Crippen LogP contribution < -0.4 is 10.6 Å². The molecule has 2 rings (SSSR count). The Morgan fingerprint density at radius 1 is 1.45 bits per heavy atom. The molecular weight excluding hydrogens is 306 g/mol. The first-order chi connectivity index (χ1) is 10.2. The Morgan fingerprint density at radius 2 is 2.14 bits per heavy atom. The second kappa shape index (κ2) is 6.62. The molecular formula is C14H21N3O4S. The molecule has 1 fully saturated rings. The van der Waals surface area contributed by atoms with E-state index in [1.807, 2.05) is 20.8 Å². The Labute approximate surface area is 133 Å². The molecule has 1 saturated carbocycles. The molecule has 1 aromatic heterocycles. The first-order valence-electron chi connectivity index (χ1n) is 7.17. The third kappa shape index (κ3) is 4.96. The third-order valence-corrected chi connectivity index (χ3v) is 4.20. The molecule has 0 atom stereocenters. The van der Waals surface area contributed by atoms with Crippen molar-refractivity contribution in [2.45, 2.75) is 57.8 Å². The van der Waals surface area contributed by atoms with Crippen LogP contribution in [0.5, 0.6) is 0 Å². The second-order valence-electron chi connectivity index (χ2n) is 6.44. The van der Waals surface area contributed by atoms with Crippen molar-refractivity contribution in [2.75, 3.05) is 0 Å². The number of nitro groups is 1. The number of thiophene rings is 1. The molecule has 1 aliphatic carbocycles. The highest BCUT2D eigenvalue weighted by atomic mass is 32.1. The van der Waals surface area contributed by atoms with E-state index in [2.05, 4.69) is 10.6 Å². The SMILES string of the molecule is CC(C)(C)OC(=O)NC1CC(NCc2csc([N+](=O)[O-])c2)C1. The van der Waals surface area contributed by atoms with Crippen LogP contribution in [0.15, 0.2) is 11.4 Å². The summed E-state index contributed by atoms with van der Waals surface area (Å²) in [6.45, 7) is 6.10. The number of carbonyl (C=O) groups excluding carboxylic acids is 1. The van der Waals surface area contributed by atoms with E-state index in [1.54, 1.807) is 11.4 Å². The molecule has 0 radical (unpaired) electrons. The first kappa shape index (κ1) is 16.7. The lowest BCUT2D eigenvalue weighted by Crippen LogP contribution is -2.52. The van der Waals surface area contributed by atoms with Crippen molar-refractivity contribution in [3.8, 4) is 0 Å². The molecule has 0 spiro atoms. The van der Waals surface area contributed by atoms with Gasteiger partial charge >= 0.3 is 11.1 Å². The normalized spacial score (nSPS) is 21.0. The maximum absolute atomic E-state index is 11.6. The molecule has 1 amide bonds. The largest absolute Gasteiger partial charge is 0.444 e. The van der Waals surface area contributed by atoms with Crippen LogP contribution in [0.3, 0.4) is 0 Å². The van der Waals surface area contributed by atoms with Gasteiger partial charge in [0.05, 0.1) is 4.92 Å². The fourth-order valence-corrected chi connectivity index (χ4v) is 2.92. The van der Waals surface area contributed by atoms with E-state index in [-0.39, 0.29) is 22.1 Å². The fraction of sp³-hybridized carbons (Fsp3) is 0.643. The average molecular weight is 327 g/mol. The summed E-state index contributed by atoms with van der Waals surface area (Å²) in [5, 5.41) is 18.7. The van der Waals surface area contributed by atoms with Crippen LogP contribution in [-0.2, 0) is 11.3 Å². The number of nitrogens with zero attached hydrogens (tertiary/aromatic N) is 1. The van der Waals surface area contributed by atoms with E-state index in [4.69, 9.17) is 4.74 Å². The Kier molecular flexibility index (Phi) is 5.02. The van der Waals surface area contributed by atoms with Crippen LogP contribution in [-0.4, -0.2) is 28.7 Å². The number of hydrogen-bond donors (Lipinski definition) is 2. The van der Waals surface area contributed by atoms with E-state index < -0.39 is 5.60 Å². The van der Waals surface area contributed by atoms with Crippen molar-refractivity contribution in [1.82, 2.24) is 10.6 Å². The van der Waals surface area contributed by atoms with Crippen LogP contribution >= 0.6 is 11.3 Å². The Hall–Kier alpha value is -1.67. The summed E-state index contributed by atoms with van der Waals surface area (Å²) in [7, 11) is 0. The first-order valence-corrected chi connectivity index (χ1v) is 8.05. The predicted octanol–water partition coefficient (Wildman–Crippen LogP) is 2.80. The van der Waals surface area contributed by atoms with Gasteiger partial charge in [-0.15, -0.1) is 0 Å². The van der Waals surface area contributed by atoms with Crippen molar-refractivity contribution in [1.29, 1.82) is 0 Å². The lowest BCUT2D eigenvalue weighted by atomic mass is 9.87. The van der Waals surface area contributed by atoms with Crippen molar-refractivity contribution in [2.24, 2.45) is 0 Å². The second-order valence-corrected chi connectivity index (χ2v) is 7.33. The van der Waals surface area contributed by atoms with Gasteiger partial charge in [0.25, 0.3) is 0 Å². The van der Waals surface area contributed by atoms with Crippen LogP contribution in [0.4, 0.5) is 9.80 Å².